The van der Waals surface area contributed by atoms with Gasteiger partial charge in [0.15, 0.2) is 0 Å². The molecule has 8 heteroatoms. The Kier molecular flexibility index (Phi) is 5.02. The van der Waals surface area contributed by atoms with Crippen molar-refractivity contribution in [2.75, 3.05) is 13.1 Å². The predicted octanol–water partition coefficient (Wildman–Crippen LogP) is 1.88. The first kappa shape index (κ1) is 15.6. The Hall–Kier alpha value is -1.47. The van der Waals surface area contributed by atoms with Gasteiger partial charge in [-0.15, -0.1) is 0 Å². The molecule has 0 bridgehead atoms. The van der Waals surface area contributed by atoms with Gasteiger partial charge in [0.05, 0.1) is 5.41 Å². The lowest BCUT2D eigenvalue weighted by atomic mass is 9.74. The van der Waals surface area contributed by atoms with Crippen molar-refractivity contribution < 1.29 is 27.9 Å². The number of rotatable bonds is 4. The standard InChI is InChI=1S/C11H17F3N2O3/c12-11(13,14)7-16-9(19)15-6-10(8(17)18)4-2-1-3-5-10/h1-7H2,(H,17,18)(H2,15,16,19). The maximum atomic E-state index is 11.9. The minimum absolute atomic E-state index is 0.147. The summed E-state index contributed by atoms with van der Waals surface area (Å²) in [5.74, 6) is -1.01. The number of hydrogen-bond acceptors (Lipinski definition) is 2. The highest BCUT2D eigenvalue weighted by atomic mass is 19.4. The zero-order valence-corrected chi connectivity index (χ0v) is 10.3. The van der Waals surface area contributed by atoms with E-state index >= 15 is 0 Å². The predicted molar refractivity (Wildman–Crippen MR) is 60.6 cm³/mol. The van der Waals surface area contributed by atoms with Crippen molar-refractivity contribution in [2.24, 2.45) is 5.41 Å². The maximum Gasteiger partial charge on any atom is 0.405 e. The van der Waals surface area contributed by atoms with Crippen molar-refractivity contribution in [3.63, 3.8) is 0 Å². The Bertz CT molecular complexity index is 339. The number of carbonyl (C=O) groups is 2. The quantitative estimate of drug-likeness (QED) is 0.736. The van der Waals surface area contributed by atoms with Gasteiger partial charge in [0.25, 0.3) is 0 Å². The Labute approximate surface area is 108 Å². The number of amides is 2. The topological polar surface area (TPSA) is 78.4 Å². The van der Waals surface area contributed by atoms with Gasteiger partial charge in [0.2, 0.25) is 0 Å². The van der Waals surface area contributed by atoms with Gasteiger partial charge in [-0.05, 0) is 12.8 Å². The molecule has 1 fully saturated rings. The molecule has 0 spiro atoms. The zero-order chi connectivity index (χ0) is 14.5. The molecule has 0 atom stereocenters. The van der Waals surface area contributed by atoms with E-state index in [0.29, 0.717) is 12.8 Å². The highest BCUT2D eigenvalue weighted by Gasteiger charge is 2.40. The summed E-state index contributed by atoms with van der Waals surface area (Å²) in [4.78, 5) is 22.4. The molecular formula is C11H17F3N2O3. The maximum absolute atomic E-state index is 11.9. The third-order valence-corrected chi connectivity index (χ3v) is 3.30. The zero-order valence-electron chi connectivity index (χ0n) is 10.3. The number of nitrogens with one attached hydrogen (secondary N) is 2. The fourth-order valence-electron chi connectivity index (χ4n) is 2.19. The van der Waals surface area contributed by atoms with Crippen LogP contribution in [0.15, 0.2) is 0 Å². The van der Waals surface area contributed by atoms with Gasteiger partial charge in [-0.25, -0.2) is 4.79 Å². The molecule has 1 rings (SSSR count). The number of carboxylic acids is 1. The first-order valence-electron chi connectivity index (χ1n) is 6.07. The van der Waals surface area contributed by atoms with E-state index < -0.39 is 30.1 Å². The minimum atomic E-state index is -4.48. The highest BCUT2D eigenvalue weighted by Crippen LogP contribution is 2.35. The number of alkyl halides is 3. The van der Waals surface area contributed by atoms with Gasteiger partial charge in [-0.2, -0.15) is 13.2 Å². The van der Waals surface area contributed by atoms with E-state index in [0.717, 1.165) is 19.3 Å². The van der Waals surface area contributed by atoms with E-state index in [-0.39, 0.29) is 6.54 Å². The molecule has 19 heavy (non-hydrogen) atoms. The summed E-state index contributed by atoms with van der Waals surface area (Å²) >= 11 is 0. The van der Waals surface area contributed by atoms with Crippen molar-refractivity contribution in [3.8, 4) is 0 Å². The van der Waals surface area contributed by atoms with Crippen molar-refractivity contribution >= 4 is 12.0 Å². The van der Waals surface area contributed by atoms with Crippen LogP contribution in [0.1, 0.15) is 32.1 Å². The normalized spacial score (nSPS) is 18.7. The van der Waals surface area contributed by atoms with Crippen LogP contribution in [0.2, 0.25) is 0 Å². The molecule has 110 valence electrons. The lowest BCUT2D eigenvalue weighted by Crippen LogP contribution is -2.48. The molecule has 1 saturated carbocycles. The first-order chi connectivity index (χ1) is 8.75. The average molecular weight is 282 g/mol. The molecule has 1 aliphatic carbocycles. The summed E-state index contributed by atoms with van der Waals surface area (Å²) in [5.41, 5.74) is -1.05. The number of hydrogen-bond donors (Lipinski definition) is 3. The van der Waals surface area contributed by atoms with E-state index in [1.165, 1.54) is 0 Å². The Morgan fingerprint density at radius 2 is 1.68 bits per heavy atom. The molecule has 2 amide bonds. The van der Waals surface area contributed by atoms with Crippen LogP contribution >= 0.6 is 0 Å². The lowest BCUT2D eigenvalue weighted by Gasteiger charge is -2.33. The summed E-state index contributed by atoms with van der Waals surface area (Å²) < 4.78 is 35.6. The van der Waals surface area contributed by atoms with Gasteiger partial charge < -0.3 is 15.7 Å². The summed E-state index contributed by atoms with van der Waals surface area (Å²) in [5, 5.41) is 13.1. The number of halogens is 3. The number of aliphatic carboxylic acids is 1. The van der Waals surface area contributed by atoms with Crippen molar-refractivity contribution in [1.82, 2.24) is 10.6 Å². The van der Waals surface area contributed by atoms with Gasteiger partial charge in [0, 0.05) is 6.54 Å². The van der Waals surface area contributed by atoms with E-state index in [2.05, 4.69) is 5.32 Å². The molecule has 0 radical (unpaired) electrons. The van der Waals surface area contributed by atoms with E-state index in [9.17, 15) is 27.9 Å². The Balaban J connectivity index is 2.44. The summed E-state index contributed by atoms with van der Waals surface area (Å²) in [7, 11) is 0. The van der Waals surface area contributed by atoms with Crippen molar-refractivity contribution in [2.45, 2.75) is 38.3 Å². The monoisotopic (exact) mass is 282 g/mol. The van der Waals surface area contributed by atoms with Crippen LogP contribution in [0.3, 0.4) is 0 Å². The molecule has 0 unspecified atom stereocenters. The molecule has 0 aromatic rings. The third kappa shape index (κ3) is 4.96. The second-order valence-electron chi connectivity index (χ2n) is 4.80. The molecule has 1 aliphatic rings. The molecule has 0 aromatic heterocycles. The molecular weight excluding hydrogens is 265 g/mol. The first-order valence-corrected chi connectivity index (χ1v) is 6.07. The van der Waals surface area contributed by atoms with Gasteiger partial charge in [0.1, 0.15) is 6.54 Å². The van der Waals surface area contributed by atoms with Crippen LogP contribution in [0.4, 0.5) is 18.0 Å². The fraction of sp³-hybridized carbons (Fsp3) is 0.818. The molecule has 0 heterocycles. The van der Waals surface area contributed by atoms with Gasteiger partial charge >= 0.3 is 18.2 Å². The number of carboxylic acid groups (broad SMARTS) is 1. The smallest absolute Gasteiger partial charge is 0.405 e. The Morgan fingerprint density at radius 3 is 2.16 bits per heavy atom. The third-order valence-electron chi connectivity index (χ3n) is 3.30. The molecule has 0 aromatic carbocycles. The summed E-state index contributed by atoms with van der Waals surface area (Å²) in [6.07, 6.45) is -1.18. The fourth-order valence-corrected chi connectivity index (χ4v) is 2.19. The lowest BCUT2D eigenvalue weighted by molar-refractivity contribution is -0.150. The van der Waals surface area contributed by atoms with Crippen LogP contribution in [0, 0.1) is 5.41 Å². The van der Waals surface area contributed by atoms with Crippen LogP contribution in [-0.2, 0) is 4.79 Å². The minimum Gasteiger partial charge on any atom is -0.481 e. The SMILES string of the molecule is O=C(NCC(F)(F)F)NCC1(C(=O)O)CCCCC1. The molecule has 0 aliphatic heterocycles. The second-order valence-corrected chi connectivity index (χ2v) is 4.80. The van der Waals surface area contributed by atoms with Crippen LogP contribution in [-0.4, -0.2) is 36.4 Å². The molecule has 5 nitrogen and oxygen atoms in total. The van der Waals surface area contributed by atoms with Crippen LogP contribution in [0.25, 0.3) is 0 Å². The van der Waals surface area contributed by atoms with E-state index in [1.54, 1.807) is 5.32 Å². The van der Waals surface area contributed by atoms with E-state index in [4.69, 9.17) is 0 Å². The van der Waals surface area contributed by atoms with Crippen LogP contribution in [0.5, 0.6) is 0 Å². The number of urea groups is 1. The largest absolute Gasteiger partial charge is 0.481 e. The average Bonchev–Trinajstić information content (AvgIpc) is 2.34. The van der Waals surface area contributed by atoms with Gasteiger partial charge in [-0.3, -0.25) is 4.79 Å². The summed E-state index contributed by atoms with van der Waals surface area (Å²) in [6.45, 7) is -1.58. The second kappa shape index (κ2) is 6.12. The summed E-state index contributed by atoms with van der Waals surface area (Å²) in [6, 6.07) is -0.997. The van der Waals surface area contributed by atoms with Crippen molar-refractivity contribution in [3.05, 3.63) is 0 Å². The Morgan fingerprint density at radius 1 is 1.11 bits per heavy atom. The van der Waals surface area contributed by atoms with Crippen molar-refractivity contribution in [1.29, 1.82) is 0 Å². The van der Waals surface area contributed by atoms with Crippen LogP contribution < -0.4 is 10.6 Å². The van der Waals surface area contributed by atoms with Gasteiger partial charge in [-0.1, -0.05) is 19.3 Å². The molecule has 3 N–H and O–H groups in total. The number of carbonyl (C=O) groups excluding carboxylic acids is 1. The van der Waals surface area contributed by atoms with E-state index in [1.807, 2.05) is 0 Å². The highest BCUT2D eigenvalue weighted by molar-refractivity contribution is 5.78. The molecule has 0 saturated heterocycles.